The van der Waals surface area contributed by atoms with E-state index in [2.05, 4.69) is 5.32 Å². The van der Waals surface area contributed by atoms with E-state index < -0.39 is 28.3 Å². The number of nitrogens with one attached hydrogen (secondary N) is 1. The SMILES string of the molecule is COc1ccc(F)cc1S(=O)(=O)N(C)CC(=O)Nc1ccc(Oc2ccccc2)cc1. The van der Waals surface area contributed by atoms with E-state index in [1.807, 2.05) is 30.3 Å². The zero-order chi connectivity index (χ0) is 22.4. The highest BCUT2D eigenvalue weighted by molar-refractivity contribution is 7.89. The topological polar surface area (TPSA) is 84.9 Å². The van der Waals surface area contributed by atoms with E-state index in [0.29, 0.717) is 17.2 Å². The van der Waals surface area contributed by atoms with Crippen molar-refractivity contribution < 1.29 is 27.1 Å². The predicted molar refractivity (Wildman–Crippen MR) is 114 cm³/mol. The van der Waals surface area contributed by atoms with Crippen LogP contribution in [0.4, 0.5) is 10.1 Å². The van der Waals surface area contributed by atoms with Crippen molar-refractivity contribution in [2.75, 3.05) is 26.0 Å². The first-order valence-electron chi connectivity index (χ1n) is 9.22. The van der Waals surface area contributed by atoms with Crippen LogP contribution in [-0.4, -0.2) is 39.3 Å². The Morgan fingerprint density at radius 2 is 1.65 bits per heavy atom. The molecule has 3 aromatic carbocycles. The van der Waals surface area contributed by atoms with Crippen LogP contribution in [0.15, 0.2) is 77.7 Å². The zero-order valence-corrected chi connectivity index (χ0v) is 17.7. The van der Waals surface area contributed by atoms with E-state index >= 15 is 0 Å². The second-order valence-electron chi connectivity index (χ2n) is 6.54. The smallest absolute Gasteiger partial charge is 0.247 e. The molecule has 0 radical (unpaired) electrons. The quantitative estimate of drug-likeness (QED) is 0.570. The van der Waals surface area contributed by atoms with Gasteiger partial charge < -0.3 is 14.8 Å². The molecule has 0 aromatic heterocycles. The Kier molecular flexibility index (Phi) is 6.88. The van der Waals surface area contributed by atoms with Gasteiger partial charge in [0.05, 0.1) is 13.7 Å². The van der Waals surface area contributed by atoms with Gasteiger partial charge in [0, 0.05) is 12.7 Å². The molecule has 0 saturated carbocycles. The summed E-state index contributed by atoms with van der Waals surface area (Å²) in [5, 5.41) is 2.62. The molecule has 0 aliphatic carbocycles. The average Bonchev–Trinajstić information content (AvgIpc) is 2.75. The van der Waals surface area contributed by atoms with Gasteiger partial charge in [-0.1, -0.05) is 18.2 Å². The molecule has 0 heterocycles. The van der Waals surface area contributed by atoms with Gasteiger partial charge in [-0.3, -0.25) is 4.79 Å². The minimum atomic E-state index is -4.15. The normalized spacial score (nSPS) is 11.2. The Labute approximate surface area is 180 Å². The summed E-state index contributed by atoms with van der Waals surface area (Å²) in [6.45, 7) is -0.468. The van der Waals surface area contributed by atoms with Crippen LogP contribution in [0.3, 0.4) is 0 Å². The summed E-state index contributed by atoms with van der Waals surface area (Å²) >= 11 is 0. The van der Waals surface area contributed by atoms with Crippen molar-refractivity contribution in [2.24, 2.45) is 0 Å². The van der Waals surface area contributed by atoms with Gasteiger partial charge in [0.2, 0.25) is 15.9 Å². The summed E-state index contributed by atoms with van der Waals surface area (Å²) < 4.78 is 50.6. The standard InChI is InChI=1S/C22H21FN2O5S/c1-25(31(27,28)21-14-16(23)8-13-20(21)29-2)15-22(26)24-17-9-11-19(12-10-17)30-18-6-4-3-5-7-18/h3-14H,15H2,1-2H3,(H,24,26). The minimum Gasteiger partial charge on any atom is -0.495 e. The number of ether oxygens (including phenoxy) is 2. The number of anilines is 1. The fourth-order valence-electron chi connectivity index (χ4n) is 2.74. The van der Waals surface area contributed by atoms with Gasteiger partial charge >= 0.3 is 0 Å². The Balaban J connectivity index is 1.64. The molecule has 0 saturated heterocycles. The lowest BCUT2D eigenvalue weighted by atomic mass is 10.3. The molecule has 162 valence electrons. The monoisotopic (exact) mass is 444 g/mol. The van der Waals surface area contributed by atoms with Gasteiger partial charge in [0.15, 0.2) is 0 Å². The number of rotatable bonds is 8. The molecule has 0 aliphatic rings. The number of likely N-dealkylation sites (N-methyl/N-ethyl adjacent to an activating group) is 1. The number of hydrogen-bond donors (Lipinski definition) is 1. The van der Waals surface area contributed by atoms with Gasteiger partial charge in [-0.05, 0) is 54.6 Å². The maximum absolute atomic E-state index is 13.6. The van der Waals surface area contributed by atoms with E-state index in [0.717, 1.165) is 16.4 Å². The molecule has 9 heteroatoms. The number of sulfonamides is 1. The molecule has 7 nitrogen and oxygen atoms in total. The molecule has 3 aromatic rings. The molecule has 0 bridgehead atoms. The lowest BCUT2D eigenvalue weighted by molar-refractivity contribution is -0.116. The van der Waals surface area contributed by atoms with Crippen molar-refractivity contribution in [3.8, 4) is 17.2 Å². The molecular formula is C22H21FN2O5S. The third-order valence-corrected chi connectivity index (χ3v) is 6.12. The molecule has 0 aliphatic heterocycles. The molecule has 0 fully saturated rings. The summed E-state index contributed by atoms with van der Waals surface area (Å²) in [5.41, 5.74) is 0.472. The number of benzene rings is 3. The Morgan fingerprint density at radius 1 is 1.00 bits per heavy atom. The number of methoxy groups -OCH3 is 1. The van der Waals surface area contributed by atoms with Crippen LogP contribution < -0.4 is 14.8 Å². The van der Waals surface area contributed by atoms with Crippen molar-refractivity contribution in [3.63, 3.8) is 0 Å². The maximum atomic E-state index is 13.6. The van der Waals surface area contributed by atoms with Crippen LogP contribution in [0.2, 0.25) is 0 Å². The number of amides is 1. The van der Waals surface area contributed by atoms with Crippen LogP contribution in [-0.2, 0) is 14.8 Å². The summed E-state index contributed by atoms with van der Waals surface area (Å²) in [5.74, 6) is -0.0307. The summed E-state index contributed by atoms with van der Waals surface area (Å²) in [6, 6.07) is 19.0. The first kappa shape index (κ1) is 22.3. The predicted octanol–water partition coefficient (Wildman–Crippen LogP) is 3.89. The van der Waals surface area contributed by atoms with Crippen LogP contribution in [0.1, 0.15) is 0 Å². The highest BCUT2D eigenvalue weighted by Gasteiger charge is 2.27. The van der Waals surface area contributed by atoms with E-state index in [1.165, 1.54) is 20.2 Å². The fraction of sp³-hybridized carbons (Fsp3) is 0.136. The molecule has 0 unspecified atom stereocenters. The van der Waals surface area contributed by atoms with Crippen molar-refractivity contribution in [1.82, 2.24) is 4.31 Å². The number of halogens is 1. The van der Waals surface area contributed by atoms with Crippen LogP contribution in [0, 0.1) is 5.82 Å². The van der Waals surface area contributed by atoms with Crippen molar-refractivity contribution in [2.45, 2.75) is 4.90 Å². The Morgan fingerprint density at radius 3 is 2.29 bits per heavy atom. The first-order chi connectivity index (χ1) is 14.8. The van der Waals surface area contributed by atoms with Crippen molar-refractivity contribution in [1.29, 1.82) is 0 Å². The molecule has 1 N–H and O–H groups in total. The van der Waals surface area contributed by atoms with Gasteiger partial charge in [0.25, 0.3) is 0 Å². The van der Waals surface area contributed by atoms with Crippen LogP contribution in [0.25, 0.3) is 0 Å². The molecule has 1 amide bonds. The Bertz CT molecular complexity index is 1150. The minimum absolute atomic E-state index is 0.0114. The van der Waals surface area contributed by atoms with Gasteiger partial charge in [-0.25, -0.2) is 12.8 Å². The van der Waals surface area contributed by atoms with E-state index in [-0.39, 0.29) is 10.6 Å². The largest absolute Gasteiger partial charge is 0.495 e. The second kappa shape index (κ2) is 9.59. The molecule has 0 atom stereocenters. The number of hydrogen-bond acceptors (Lipinski definition) is 5. The lowest BCUT2D eigenvalue weighted by Crippen LogP contribution is -2.35. The zero-order valence-electron chi connectivity index (χ0n) is 16.9. The molecule has 3 rings (SSSR count). The average molecular weight is 444 g/mol. The number of nitrogens with zero attached hydrogens (tertiary/aromatic N) is 1. The van der Waals surface area contributed by atoms with Crippen molar-refractivity contribution in [3.05, 3.63) is 78.6 Å². The lowest BCUT2D eigenvalue weighted by Gasteiger charge is -2.18. The second-order valence-corrected chi connectivity index (χ2v) is 8.56. The molecular weight excluding hydrogens is 423 g/mol. The van der Waals surface area contributed by atoms with Gasteiger partial charge in [0.1, 0.15) is 28.0 Å². The first-order valence-corrected chi connectivity index (χ1v) is 10.7. The van der Waals surface area contributed by atoms with E-state index in [4.69, 9.17) is 9.47 Å². The highest BCUT2D eigenvalue weighted by Crippen LogP contribution is 2.27. The van der Waals surface area contributed by atoms with Gasteiger partial charge in [-0.15, -0.1) is 0 Å². The third-order valence-electron chi connectivity index (χ3n) is 4.30. The van der Waals surface area contributed by atoms with Gasteiger partial charge in [-0.2, -0.15) is 4.31 Å². The third kappa shape index (κ3) is 5.59. The number of carbonyl (C=O) groups is 1. The maximum Gasteiger partial charge on any atom is 0.247 e. The van der Waals surface area contributed by atoms with E-state index in [1.54, 1.807) is 24.3 Å². The van der Waals surface area contributed by atoms with E-state index in [9.17, 15) is 17.6 Å². The number of para-hydroxylation sites is 1. The molecule has 0 spiro atoms. The highest BCUT2D eigenvalue weighted by atomic mass is 32.2. The molecule has 31 heavy (non-hydrogen) atoms. The fourth-order valence-corrected chi connectivity index (χ4v) is 4.03. The number of carbonyl (C=O) groups excluding carboxylic acids is 1. The summed E-state index contributed by atoms with van der Waals surface area (Å²) in [4.78, 5) is 12.0. The van der Waals surface area contributed by atoms with Crippen LogP contribution in [0.5, 0.6) is 17.2 Å². The summed E-state index contributed by atoms with van der Waals surface area (Å²) in [7, 11) is -1.63. The van der Waals surface area contributed by atoms with Crippen molar-refractivity contribution >= 4 is 21.6 Å². The Hall–Kier alpha value is -3.43. The summed E-state index contributed by atoms with van der Waals surface area (Å²) in [6.07, 6.45) is 0. The van der Waals surface area contributed by atoms with Crippen LogP contribution >= 0.6 is 0 Å².